The molecule has 1 N–H and O–H groups in total. The van der Waals surface area contributed by atoms with Crippen molar-refractivity contribution in [2.75, 3.05) is 0 Å². The first kappa shape index (κ1) is 10.5. The summed E-state index contributed by atoms with van der Waals surface area (Å²) in [6.45, 7) is 0. The third kappa shape index (κ3) is 2.72. The van der Waals surface area contributed by atoms with Crippen LogP contribution in [0.5, 0.6) is 5.75 Å². The second kappa shape index (κ2) is 4.23. The number of hydrogen-bond acceptors (Lipinski definition) is 2. The molecule has 0 heterocycles. The van der Waals surface area contributed by atoms with Crippen molar-refractivity contribution in [2.24, 2.45) is 5.92 Å². The van der Waals surface area contributed by atoms with E-state index in [-0.39, 0.29) is 5.92 Å². The van der Waals surface area contributed by atoms with Crippen LogP contribution < -0.4 is 4.74 Å². The molecule has 80 valence electrons. The van der Waals surface area contributed by atoms with Crippen molar-refractivity contribution in [3.8, 4) is 5.75 Å². The highest BCUT2D eigenvalue weighted by molar-refractivity contribution is 9.10. The Morgan fingerprint density at radius 1 is 1.40 bits per heavy atom. The maximum atomic E-state index is 10.9. The highest BCUT2D eigenvalue weighted by Gasteiger charge is 2.38. The average Bonchev–Trinajstić information content (AvgIpc) is 3.00. The summed E-state index contributed by atoms with van der Waals surface area (Å²) in [7, 11) is 0. The van der Waals surface area contributed by atoms with Crippen LogP contribution in [0.1, 0.15) is 12.8 Å². The Kier molecular flexibility index (Phi) is 2.95. The summed E-state index contributed by atoms with van der Waals surface area (Å²) >= 11 is 3.31. The van der Waals surface area contributed by atoms with E-state index in [4.69, 9.17) is 9.84 Å². The van der Waals surface area contributed by atoms with Crippen molar-refractivity contribution >= 4 is 21.9 Å². The normalized spacial score (nSPS) is 17.1. The Balaban J connectivity index is 2.05. The van der Waals surface area contributed by atoms with E-state index < -0.39 is 12.1 Å². The average molecular weight is 271 g/mol. The molecule has 0 bridgehead atoms. The summed E-state index contributed by atoms with van der Waals surface area (Å²) in [6, 6.07) is 7.20. The van der Waals surface area contributed by atoms with E-state index in [1.807, 2.05) is 12.1 Å². The van der Waals surface area contributed by atoms with Crippen molar-refractivity contribution in [1.29, 1.82) is 0 Å². The van der Waals surface area contributed by atoms with Crippen LogP contribution in [-0.2, 0) is 4.79 Å². The number of carboxylic acid groups (broad SMARTS) is 1. The van der Waals surface area contributed by atoms with Crippen molar-refractivity contribution in [1.82, 2.24) is 0 Å². The molecule has 15 heavy (non-hydrogen) atoms. The molecule has 0 aromatic heterocycles. The van der Waals surface area contributed by atoms with Gasteiger partial charge < -0.3 is 9.84 Å². The van der Waals surface area contributed by atoms with Gasteiger partial charge in [-0.15, -0.1) is 0 Å². The number of aliphatic carboxylic acids is 1. The van der Waals surface area contributed by atoms with E-state index in [9.17, 15) is 4.79 Å². The highest BCUT2D eigenvalue weighted by atomic mass is 79.9. The minimum atomic E-state index is -0.875. The fraction of sp³-hybridized carbons (Fsp3) is 0.364. The first-order valence-corrected chi connectivity index (χ1v) is 5.61. The minimum Gasteiger partial charge on any atom is -0.478 e. The lowest BCUT2D eigenvalue weighted by Gasteiger charge is -2.14. The molecular weight excluding hydrogens is 260 g/mol. The van der Waals surface area contributed by atoms with E-state index >= 15 is 0 Å². The zero-order valence-electron chi connectivity index (χ0n) is 8.02. The predicted molar refractivity (Wildman–Crippen MR) is 58.9 cm³/mol. The molecule has 0 aliphatic heterocycles. The summed E-state index contributed by atoms with van der Waals surface area (Å²) in [5.41, 5.74) is 0. The van der Waals surface area contributed by atoms with Gasteiger partial charge >= 0.3 is 5.97 Å². The van der Waals surface area contributed by atoms with Gasteiger partial charge in [-0.3, -0.25) is 0 Å². The molecule has 2 rings (SSSR count). The van der Waals surface area contributed by atoms with Crippen molar-refractivity contribution in [2.45, 2.75) is 18.9 Å². The van der Waals surface area contributed by atoms with Gasteiger partial charge in [0.2, 0.25) is 0 Å². The van der Waals surface area contributed by atoms with Crippen LogP contribution in [0.4, 0.5) is 0 Å². The number of carboxylic acids is 1. The summed E-state index contributed by atoms with van der Waals surface area (Å²) < 4.78 is 6.39. The Hall–Kier alpha value is -1.03. The fourth-order valence-corrected chi connectivity index (χ4v) is 1.67. The molecule has 1 unspecified atom stereocenters. The largest absolute Gasteiger partial charge is 0.478 e. The molecule has 1 aliphatic rings. The zero-order chi connectivity index (χ0) is 10.8. The van der Waals surface area contributed by atoms with E-state index in [0.29, 0.717) is 5.75 Å². The van der Waals surface area contributed by atoms with Crippen LogP contribution >= 0.6 is 15.9 Å². The van der Waals surface area contributed by atoms with E-state index in [1.165, 1.54) is 0 Å². The number of hydrogen-bond donors (Lipinski definition) is 1. The molecular formula is C11H11BrO3. The maximum absolute atomic E-state index is 10.9. The molecule has 0 radical (unpaired) electrons. The van der Waals surface area contributed by atoms with Crippen LogP contribution in [-0.4, -0.2) is 17.2 Å². The molecule has 1 aromatic rings. The Labute approximate surface area is 96.2 Å². The fourth-order valence-electron chi connectivity index (χ4n) is 1.41. The standard InChI is InChI=1S/C11H11BrO3/c12-8-3-5-9(6-4-8)15-10(11(13)14)7-1-2-7/h3-7,10H,1-2H2,(H,13,14). The van der Waals surface area contributed by atoms with Crippen LogP contribution in [0, 0.1) is 5.92 Å². The molecule has 1 fully saturated rings. The minimum absolute atomic E-state index is 0.186. The lowest BCUT2D eigenvalue weighted by molar-refractivity contribution is -0.146. The van der Waals surface area contributed by atoms with Gasteiger partial charge in [0.05, 0.1) is 0 Å². The number of halogens is 1. The highest BCUT2D eigenvalue weighted by Crippen LogP contribution is 2.35. The number of carbonyl (C=O) groups is 1. The molecule has 1 atom stereocenters. The summed E-state index contributed by atoms with van der Waals surface area (Å²) in [6.07, 6.45) is 1.22. The van der Waals surface area contributed by atoms with Crippen LogP contribution in [0.15, 0.2) is 28.7 Å². The summed E-state index contributed by atoms with van der Waals surface area (Å²) in [5.74, 6) is -0.0796. The van der Waals surface area contributed by atoms with Crippen molar-refractivity contribution < 1.29 is 14.6 Å². The molecule has 1 aromatic carbocycles. The molecule has 0 spiro atoms. The van der Waals surface area contributed by atoms with Crippen LogP contribution in [0.3, 0.4) is 0 Å². The molecule has 3 nitrogen and oxygen atoms in total. The SMILES string of the molecule is O=C(O)C(Oc1ccc(Br)cc1)C1CC1. The predicted octanol–water partition coefficient (Wildman–Crippen LogP) is 2.69. The smallest absolute Gasteiger partial charge is 0.345 e. The number of rotatable bonds is 4. The zero-order valence-corrected chi connectivity index (χ0v) is 9.61. The number of ether oxygens (including phenoxy) is 1. The first-order valence-electron chi connectivity index (χ1n) is 4.82. The van der Waals surface area contributed by atoms with Gasteiger partial charge in [0, 0.05) is 10.4 Å². The third-order valence-corrected chi connectivity index (χ3v) is 2.90. The van der Waals surface area contributed by atoms with Gasteiger partial charge in [0.15, 0.2) is 6.10 Å². The van der Waals surface area contributed by atoms with Gasteiger partial charge in [-0.05, 0) is 37.1 Å². The third-order valence-electron chi connectivity index (χ3n) is 2.37. The molecule has 1 saturated carbocycles. The monoisotopic (exact) mass is 270 g/mol. The Morgan fingerprint density at radius 2 is 2.00 bits per heavy atom. The number of benzene rings is 1. The van der Waals surface area contributed by atoms with Gasteiger partial charge in [0.25, 0.3) is 0 Å². The summed E-state index contributed by atoms with van der Waals surface area (Å²) in [4.78, 5) is 10.9. The van der Waals surface area contributed by atoms with Crippen LogP contribution in [0.25, 0.3) is 0 Å². The quantitative estimate of drug-likeness (QED) is 0.915. The maximum Gasteiger partial charge on any atom is 0.345 e. The second-order valence-corrected chi connectivity index (χ2v) is 4.58. The van der Waals surface area contributed by atoms with Crippen molar-refractivity contribution in [3.63, 3.8) is 0 Å². The van der Waals surface area contributed by atoms with Gasteiger partial charge in [-0.2, -0.15) is 0 Å². The Morgan fingerprint density at radius 3 is 2.47 bits per heavy atom. The van der Waals surface area contributed by atoms with E-state index in [0.717, 1.165) is 17.3 Å². The van der Waals surface area contributed by atoms with E-state index in [1.54, 1.807) is 12.1 Å². The molecule has 0 amide bonds. The van der Waals surface area contributed by atoms with Crippen LogP contribution in [0.2, 0.25) is 0 Å². The Bertz CT molecular complexity index is 357. The summed E-state index contributed by atoms with van der Waals surface area (Å²) in [5, 5.41) is 8.97. The van der Waals surface area contributed by atoms with Gasteiger partial charge in [-0.25, -0.2) is 4.79 Å². The topological polar surface area (TPSA) is 46.5 Å². The molecule has 0 saturated heterocycles. The lowest BCUT2D eigenvalue weighted by Crippen LogP contribution is -2.29. The first-order chi connectivity index (χ1) is 7.16. The second-order valence-electron chi connectivity index (χ2n) is 3.67. The van der Waals surface area contributed by atoms with E-state index in [2.05, 4.69) is 15.9 Å². The van der Waals surface area contributed by atoms with Gasteiger partial charge in [-0.1, -0.05) is 15.9 Å². The van der Waals surface area contributed by atoms with Gasteiger partial charge in [0.1, 0.15) is 5.75 Å². The molecule has 4 heteroatoms. The lowest BCUT2D eigenvalue weighted by atomic mass is 10.2. The van der Waals surface area contributed by atoms with Crippen molar-refractivity contribution in [3.05, 3.63) is 28.7 Å². The molecule has 1 aliphatic carbocycles.